The van der Waals surface area contributed by atoms with Crippen molar-refractivity contribution in [2.24, 2.45) is 5.92 Å². The highest BCUT2D eigenvalue weighted by molar-refractivity contribution is 6.32. The first kappa shape index (κ1) is 28.0. The maximum Gasteiger partial charge on any atom is 0.321 e. The monoisotopic (exact) mass is 592 g/mol. The highest BCUT2D eigenvalue weighted by Gasteiger charge is 2.28. The molecule has 3 aromatic carbocycles. The maximum atomic E-state index is 13.4. The van der Waals surface area contributed by atoms with E-state index >= 15 is 0 Å². The van der Waals surface area contributed by atoms with Gasteiger partial charge in [-0.05, 0) is 91.4 Å². The summed E-state index contributed by atoms with van der Waals surface area (Å²) in [4.78, 5) is 36.7. The first-order valence-corrected chi connectivity index (χ1v) is 14.5. The predicted octanol–water partition coefficient (Wildman–Crippen LogP) is 6.47. The number of likely N-dealkylation sites (tertiary alicyclic amines) is 1. The van der Waals surface area contributed by atoms with Crippen LogP contribution in [-0.2, 0) is 17.6 Å². The number of anilines is 6. The lowest BCUT2D eigenvalue weighted by molar-refractivity contribution is -0.121. The zero-order chi connectivity index (χ0) is 29.8. The van der Waals surface area contributed by atoms with Crippen molar-refractivity contribution in [3.8, 4) is 6.07 Å². The minimum absolute atomic E-state index is 0.0540. The third kappa shape index (κ3) is 6.68. The number of hydrogen-bond acceptors (Lipinski definition) is 7. The van der Waals surface area contributed by atoms with Gasteiger partial charge in [-0.3, -0.25) is 4.79 Å². The first-order chi connectivity index (χ1) is 20.9. The molecule has 6 rings (SSSR count). The molecule has 0 atom stereocenters. The van der Waals surface area contributed by atoms with E-state index in [4.69, 9.17) is 16.9 Å². The van der Waals surface area contributed by atoms with Crippen molar-refractivity contribution in [2.75, 3.05) is 34.4 Å². The number of aromatic nitrogens is 2. The number of carbonyl (C=O) groups is 2. The number of fused-ring (bicyclic) bond motifs is 6. The summed E-state index contributed by atoms with van der Waals surface area (Å²) in [5.74, 6) is 0.652. The largest absolute Gasteiger partial charge is 0.339 e. The van der Waals surface area contributed by atoms with E-state index in [1.807, 2.05) is 30.3 Å². The number of carbonyl (C=O) groups excluding carboxylic acids is 2. The van der Waals surface area contributed by atoms with Crippen molar-refractivity contribution in [1.29, 1.82) is 5.26 Å². The molecule has 3 amide bonds. The molecule has 1 fully saturated rings. The lowest BCUT2D eigenvalue weighted by Gasteiger charge is -2.31. The second kappa shape index (κ2) is 12.4. The van der Waals surface area contributed by atoms with Gasteiger partial charge in [0.05, 0.1) is 17.8 Å². The van der Waals surface area contributed by atoms with Gasteiger partial charge in [0.1, 0.15) is 5.02 Å². The quantitative estimate of drug-likeness (QED) is 0.214. The molecule has 1 saturated heterocycles. The fourth-order valence-corrected chi connectivity index (χ4v) is 5.41. The first-order valence-electron chi connectivity index (χ1n) is 14.1. The SMILES string of the molecule is N#Cc1ccc(NC(=O)N2CCC(C(=O)Nc3ccc4cc3CCc3cccc(c3)Nc3ncc(Cl)c(n3)N4)CC2)cc1. The Labute approximate surface area is 254 Å². The van der Waals surface area contributed by atoms with Crippen molar-refractivity contribution in [1.82, 2.24) is 14.9 Å². The molecule has 0 aliphatic carbocycles. The van der Waals surface area contributed by atoms with Crippen LogP contribution in [-0.4, -0.2) is 39.9 Å². The van der Waals surface area contributed by atoms with Crippen LogP contribution in [0.15, 0.2) is 72.9 Å². The Bertz CT molecular complexity index is 1710. The normalized spacial score (nSPS) is 14.5. The fraction of sp³-hybridized carbons (Fsp3) is 0.219. The Balaban J connectivity index is 1.13. The lowest BCUT2D eigenvalue weighted by Crippen LogP contribution is -2.43. The van der Waals surface area contributed by atoms with Gasteiger partial charge in [-0.1, -0.05) is 23.7 Å². The van der Waals surface area contributed by atoms with Crippen molar-refractivity contribution < 1.29 is 9.59 Å². The zero-order valence-electron chi connectivity index (χ0n) is 23.2. The van der Waals surface area contributed by atoms with Crippen LogP contribution >= 0.6 is 11.6 Å². The summed E-state index contributed by atoms with van der Waals surface area (Å²) in [5, 5.41) is 21.9. The molecule has 10 nitrogen and oxygen atoms in total. The Hall–Kier alpha value is -5.14. The molecule has 1 aromatic heterocycles. The van der Waals surface area contributed by atoms with Gasteiger partial charge in [0.15, 0.2) is 5.82 Å². The number of halogens is 1. The number of nitrogens with zero attached hydrogens (tertiary/aromatic N) is 4. The van der Waals surface area contributed by atoms with Crippen LogP contribution in [0, 0.1) is 17.2 Å². The fourth-order valence-electron chi connectivity index (χ4n) is 5.27. The van der Waals surface area contributed by atoms with E-state index in [2.05, 4.69) is 49.4 Å². The second-order valence-electron chi connectivity index (χ2n) is 10.6. The smallest absolute Gasteiger partial charge is 0.321 e. The number of hydrogen-bond donors (Lipinski definition) is 4. The number of rotatable bonds is 3. The number of aryl methyl sites for hydroxylation is 2. The van der Waals surface area contributed by atoms with Gasteiger partial charge < -0.3 is 26.2 Å². The van der Waals surface area contributed by atoms with Gasteiger partial charge >= 0.3 is 6.03 Å². The van der Waals surface area contributed by atoms with Gasteiger partial charge in [-0.15, -0.1) is 0 Å². The average molecular weight is 593 g/mol. The highest BCUT2D eigenvalue weighted by atomic mass is 35.5. The van der Waals surface area contributed by atoms with E-state index in [1.54, 1.807) is 35.4 Å². The van der Waals surface area contributed by atoms with Crippen LogP contribution in [0.2, 0.25) is 5.02 Å². The predicted molar refractivity (Wildman–Crippen MR) is 167 cm³/mol. The van der Waals surface area contributed by atoms with E-state index < -0.39 is 0 Å². The number of urea groups is 1. The highest BCUT2D eigenvalue weighted by Crippen LogP contribution is 2.30. The number of amides is 3. The average Bonchev–Trinajstić information content (AvgIpc) is 3.03. The minimum Gasteiger partial charge on any atom is -0.339 e. The Morgan fingerprint density at radius 1 is 0.953 bits per heavy atom. The molecule has 3 heterocycles. The number of piperidine rings is 1. The zero-order valence-corrected chi connectivity index (χ0v) is 24.0. The van der Waals surface area contributed by atoms with E-state index in [0.717, 1.165) is 34.6 Å². The van der Waals surface area contributed by atoms with Gasteiger partial charge in [-0.25, -0.2) is 9.78 Å². The summed E-state index contributed by atoms with van der Waals surface area (Å²) >= 11 is 6.39. The van der Waals surface area contributed by atoms with Crippen molar-refractivity contribution in [3.63, 3.8) is 0 Å². The molecule has 0 radical (unpaired) electrons. The molecule has 216 valence electrons. The third-order valence-corrected chi connectivity index (χ3v) is 7.93. The van der Waals surface area contributed by atoms with Crippen LogP contribution in [0.5, 0.6) is 0 Å². The molecule has 6 bridgehead atoms. The number of nitriles is 1. The molecule has 4 aromatic rings. The molecule has 0 spiro atoms. The lowest BCUT2D eigenvalue weighted by atomic mass is 9.95. The minimum atomic E-state index is -0.215. The molecular formula is C32H29ClN8O2. The molecule has 0 saturated carbocycles. The van der Waals surface area contributed by atoms with Crippen molar-refractivity contribution in [2.45, 2.75) is 25.7 Å². The molecule has 4 N–H and O–H groups in total. The maximum absolute atomic E-state index is 13.4. The number of nitrogens with one attached hydrogen (secondary N) is 4. The molecule has 2 aliphatic heterocycles. The van der Waals surface area contributed by atoms with Crippen LogP contribution in [0.3, 0.4) is 0 Å². The molecule has 43 heavy (non-hydrogen) atoms. The summed E-state index contributed by atoms with van der Waals surface area (Å²) in [5.41, 5.74) is 5.72. The van der Waals surface area contributed by atoms with Gasteiger partial charge in [0.25, 0.3) is 0 Å². The van der Waals surface area contributed by atoms with E-state index in [9.17, 15) is 9.59 Å². The number of benzene rings is 3. The van der Waals surface area contributed by atoms with Gasteiger partial charge in [0, 0.05) is 41.8 Å². The Morgan fingerprint density at radius 3 is 2.53 bits per heavy atom. The van der Waals surface area contributed by atoms with Gasteiger partial charge in [-0.2, -0.15) is 10.2 Å². The van der Waals surface area contributed by atoms with Crippen LogP contribution in [0.25, 0.3) is 0 Å². The van der Waals surface area contributed by atoms with E-state index in [0.29, 0.717) is 60.4 Å². The molecule has 11 heteroatoms. The van der Waals surface area contributed by atoms with Crippen LogP contribution < -0.4 is 21.3 Å². The molecule has 0 unspecified atom stereocenters. The molecule has 2 aliphatic rings. The Kier molecular flexibility index (Phi) is 8.07. The molecular weight excluding hydrogens is 564 g/mol. The Morgan fingerprint density at radius 2 is 1.74 bits per heavy atom. The van der Waals surface area contributed by atoms with Crippen LogP contribution in [0.4, 0.5) is 39.3 Å². The standard InChI is InChI=1S/C32H29ClN8O2/c33-27-19-35-31-37-25-3-1-2-20(16-25)4-7-23-17-26(36-29(27)40-31)10-11-28(23)39-30(42)22-12-14-41(15-13-22)32(43)38-24-8-5-21(18-34)6-9-24/h1-3,5-6,8-11,16-17,19,22H,4,7,12-15H2,(H,38,43)(H,39,42)(H2,35,36,37,40). The van der Waals surface area contributed by atoms with Crippen molar-refractivity contribution in [3.05, 3.63) is 94.6 Å². The van der Waals surface area contributed by atoms with E-state index in [1.165, 1.54) is 0 Å². The summed E-state index contributed by atoms with van der Waals surface area (Å²) in [7, 11) is 0. The summed E-state index contributed by atoms with van der Waals surface area (Å²) in [6.45, 7) is 0.948. The topological polar surface area (TPSA) is 135 Å². The summed E-state index contributed by atoms with van der Waals surface area (Å²) in [6, 6.07) is 22.5. The third-order valence-electron chi connectivity index (χ3n) is 7.65. The van der Waals surface area contributed by atoms with E-state index in [-0.39, 0.29) is 17.9 Å². The van der Waals surface area contributed by atoms with Crippen LogP contribution in [0.1, 0.15) is 29.5 Å². The van der Waals surface area contributed by atoms with Crippen molar-refractivity contribution >= 4 is 58.1 Å². The second-order valence-corrected chi connectivity index (χ2v) is 11.0. The van der Waals surface area contributed by atoms with Gasteiger partial charge in [0.2, 0.25) is 11.9 Å². The summed E-state index contributed by atoms with van der Waals surface area (Å²) in [6.07, 6.45) is 4.17. The summed E-state index contributed by atoms with van der Waals surface area (Å²) < 4.78 is 0.